The van der Waals surface area contributed by atoms with Crippen molar-refractivity contribution >= 4 is 5.97 Å². The molecule has 0 unspecified atom stereocenters. The summed E-state index contributed by atoms with van der Waals surface area (Å²) in [5.74, 6) is 1.13. The second-order valence-corrected chi connectivity index (χ2v) is 7.74. The molecule has 1 fully saturated rings. The first kappa shape index (κ1) is 21.4. The van der Waals surface area contributed by atoms with E-state index in [9.17, 15) is 4.79 Å². The highest BCUT2D eigenvalue weighted by molar-refractivity contribution is 5.80. The molecule has 3 rings (SSSR count). The summed E-state index contributed by atoms with van der Waals surface area (Å²) in [6.07, 6.45) is 13.8. The predicted octanol–water partition coefficient (Wildman–Crippen LogP) is 5.52. The number of unbranched alkanes of at least 4 members (excludes halogenated alkanes) is 5. The van der Waals surface area contributed by atoms with E-state index in [-0.39, 0.29) is 12.1 Å². The van der Waals surface area contributed by atoms with E-state index >= 15 is 0 Å². The monoisotopic (exact) mass is 396 g/mol. The van der Waals surface area contributed by atoms with Crippen LogP contribution in [0.4, 0.5) is 0 Å². The summed E-state index contributed by atoms with van der Waals surface area (Å²) in [5.41, 5.74) is 1.96. The number of ether oxygens (including phenoxy) is 2. The molecule has 1 aliphatic rings. The molecule has 0 radical (unpaired) electrons. The molecule has 0 N–H and O–H groups in total. The molecule has 0 spiro atoms. The smallest absolute Gasteiger partial charge is 0.343 e. The molecule has 5 nitrogen and oxygen atoms in total. The molecule has 5 heteroatoms. The van der Waals surface area contributed by atoms with E-state index < -0.39 is 6.10 Å². The number of aryl methyl sites for hydroxylation is 1. The zero-order valence-corrected chi connectivity index (χ0v) is 17.6. The number of epoxide rings is 1. The number of hydrogen-bond acceptors (Lipinski definition) is 5. The van der Waals surface area contributed by atoms with Crippen LogP contribution < -0.4 is 4.74 Å². The van der Waals surface area contributed by atoms with E-state index in [0.717, 1.165) is 42.6 Å². The number of rotatable bonds is 12. The standard InChI is InChI=1S/C24H32N2O3/c1-3-5-6-7-8-9-11-22-25-16-19(17-26-22)18-12-14-20(15-13-18)28-24(27)23-21(29-23)10-4-2/h12-17,21,23H,3-11H2,1-2H3/t21-,23-/m1/s1. The van der Waals surface area contributed by atoms with Crippen molar-refractivity contribution in [1.29, 1.82) is 0 Å². The van der Waals surface area contributed by atoms with Gasteiger partial charge in [0.1, 0.15) is 11.6 Å². The summed E-state index contributed by atoms with van der Waals surface area (Å²) in [6.45, 7) is 4.31. The molecule has 156 valence electrons. The number of nitrogens with zero attached hydrogens (tertiary/aromatic N) is 2. The van der Waals surface area contributed by atoms with Crippen LogP contribution in [0, 0.1) is 0 Å². The van der Waals surface area contributed by atoms with Gasteiger partial charge in [-0.15, -0.1) is 0 Å². The lowest BCUT2D eigenvalue weighted by molar-refractivity contribution is -0.135. The highest BCUT2D eigenvalue weighted by atomic mass is 16.6. The highest BCUT2D eigenvalue weighted by Crippen LogP contribution is 2.29. The van der Waals surface area contributed by atoms with E-state index in [4.69, 9.17) is 9.47 Å². The molecule has 2 aromatic rings. The van der Waals surface area contributed by atoms with Crippen LogP contribution in [0.2, 0.25) is 0 Å². The summed E-state index contributed by atoms with van der Waals surface area (Å²) in [6, 6.07) is 7.45. The molecule has 29 heavy (non-hydrogen) atoms. The SMILES string of the molecule is CCCCCCCCc1ncc(-c2ccc(OC(=O)[C@@H]3O[C@@H]3CCC)cc2)cn1. The molecule has 2 heterocycles. The molecule has 1 aromatic carbocycles. The minimum Gasteiger partial charge on any atom is -0.425 e. The fourth-order valence-corrected chi connectivity index (χ4v) is 3.44. The largest absolute Gasteiger partial charge is 0.425 e. The molecule has 0 amide bonds. The van der Waals surface area contributed by atoms with Gasteiger partial charge in [0.15, 0.2) is 6.10 Å². The van der Waals surface area contributed by atoms with Gasteiger partial charge in [-0.05, 0) is 30.5 Å². The second-order valence-electron chi connectivity index (χ2n) is 7.74. The Morgan fingerprint density at radius 1 is 0.931 bits per heavy atom. The van der Waals surface area contributed by atoms with Crippen LogP contribution in [0.25, 0.3) is 11.1 Å². The van der Waals surface area contributed by atoms with Crippen LogP contribution >= 0.6 is 0 Å². The third kappa shape index (κ3) is 6.64. The molecule has 1 aromatic heterocycles. The Morgan fingerprint density at radius 2 is 1.62 bits per heavy atom. The van der Waals surface area contributed by atoms with Gasteiger partial charge >= 0.3 is 5.97 Å². The normalized spacial score (nSPS) is 17.9. The Balaban J connectivity index is 1.45. The Morgan fingerprint density at radius 3 is 2.31 bits per heavy atom. The van der Waals surface area contributed by atoms with Crippen molar-refractivity contribution in [3.63, 3.8) is 0 Å². The van der Waals surface area contributed by atoms with Gasteiger partial charge in [-0.25, -0.2) is 14.8 Å². The third-order valence-corrected chi connectivity index (χ3v) is 5.25. The minimum atomic E-state index is -0.401. The van der Waals surface area contributed by atoms with Crippen molar-refractivity contribution in [2.75, 3.05) is 0 Å². The van der Waals surface area contributed by atoms with E-state index in [1.54, 1.807) is 12.1 Å². The number of hydrogen-bond donors (Lipinski definition) is 0. The summed E-state index contributed by atoms with van der Waals surface area (Å²) in [4.78, 5) is 21.1. The Hall–Kier alpha value is -2.27. The minimum absolute atomic E-state index is 0.0266. The number of aromatic nitrogens is 2. The van der Waals surface area contributed by atoms with Gasteiger partial charge in [0.25, 0.3) is 0 Å². The van der Waals surface area contributed by atoms with Crippen LogP contribution in [0.15, 0.2) is 36.7 Å². The van der Waals surface area contributed by atoms with Gasteiger partial charge in [0.05, 0.1) is 6.10 Å². The number of benzene rings is 1. The van der Waals surface area contributed by atoms with Crippen molar-refractivity contribution in [3.05, 3.63) is 42.5 Å². The average molecular weight is 397 g/mol. The van der Waals surface area contributed by atoms with Crippen molar-refractivity contribution in [2.24, 2.45) is 0 Å². The summed E-state index contributed by atoms with van der Waals surface area (Å²) >= 11 is 0. The lowest BCUT2D eigenvalue weighted by atomic mass is 10.1. The quantitative estimate of drug-likeness (QED) is 0.205. The second kappa shape index (κ2) is 11.1. The van der Waals surface area contributed by atoms with Gasteiger partial charge in [-0.2, -0.15) is 0 Å². The fraction of sp³-hybridized carbons (Fsp3) is 0.542. The van der Waals surface area contributed by atoms with Gasteiger partial charge < -0.3 is 9.47 Å². The zero-order valence-electron chi connectivity index (χ0n) is 17.6. The van der Waals surface area contributed by atoms with Crippen molar-refractivity contribution in [2.45, 2.75) is 83.8 Å². The van der Waals surface area contributed by atoms with E-state index in [0.29, 0.717) is 5.75 Å². The number of esters is 1. The van der Waals surface area contributed by atoms with E-state index in [1.165, 1.54) is 32.1 Å². The maximum absolute atomic E-state index is 12.0. The summed E-state index contributed by atoms with van der Waals surface area (Å²) in [7, 11) is 0. The third-order valence-electron chi connectivity index (χ3n) is 5.25. The highest BCUT2D eigenvalue weighted by Gasteiger charge is 2.45. The maximum atomic E-state index is 12.0. The number of carbonyl (C=O) groups excluding carboxylic acids is 1. The van der Waals surface area contributed by atoms with Gasteiger partial charge in [-0.3, -0.25) is 0 Å². The zero-order chi connectivity index (χ0) is 20.5. The first-order valence-electron chi connectivity index (χ1n) is 11.0. The molecule has 2 atom stereocenters. The van der Waals surface area contributed by atoms with Gasteiger partial charge in [0, 0.05) is 24.4 Å². The first-order valence-corrected chi connectivity index (χ1v) is 11.0. The van der Waals surface area contributed by atoms with Crippen LogP contribution in [0.5, 0.6) is 5.75 Å². The van der Waals surface area contributed by atoms with E-state index in [1.807, 2.05) is 24.5 Å². The van der Waals surface area contributed by atoms with Crippen molar-refractivity contribution in [3.8, 4) is 16.9 Å². The topological polar surface area (TPSA) is 64.6 Å². The lowest BCUT2D eigenvalue weighted by Gasteiger charge is -2.06. The van der Waals surface area contributed by atoms with Crippen LogP contribution in [-0.4, -0.2) is 28.1 Å². The predicted molar refractivity (Wildman–Crippen MR) is 114 cm³/mol. The molecule has 0 saturated carbocycles. The maximum Gasteiger partial charge on any atom is 0.343 e. The molecule has 1 saturated heterocycles. The van der Waals surface area contributed by atoms with Crippen molar-refractivity contribution in [1.82, 2.24) is 9.97 Å². The van der Waals surface area contributed by atoms with Crippen LogP contribution in [0.1, 0.15) is 71.0 Å². The van der Waals surface area contributed by atoms with Gasteiger partial charge in [0.2, 0.25) is 0 Å². The van der Waals surface area contributed by atoms with Gasteiger partial charge in [-0.1, -0.05) is 64.5 Å². The van der Waals surface area contributed by atoms with Crippen LogP contribution in [0.3, 0.4) is 0 Å². The molecular weight excluding hydrogens is 364 g/mol. The Bertz CT molecular complexity index is 759. The lowest BCUT2D eigenvalue weighted by Crippen LogP contribution is -2.17. The number of carbonyl (C=O) groups is 1. The molecular formula is C24H32N2O3. The Kier molecular flexibility index (Phi) is 8.17. The molecule has 0 aliphatic carbocycles. The molecule has 1 aliphatic heterocycles. The Labute approximate surface area is 173 Å². The van der Waals surface area contributed by atoms with E-state index in [2.05, 4.69) is 23.8 Å². The summed E-state index contributed by atoms with van der Waals surface area (Å²) < 4.78 is 10.8. The first-order chi connectivity index (χ1) is 14.2. The summed E-state index contributed by atoms with van der Waals surface area (Å²) in [5, 5.41) is 0. The fourth-order valence-electron chi connectivity index (χ4n) is 3.44. The van der Waals surface area contributed by atoms with Crippen LogP contribution in [-0.2, 0) is 16.0 Å². The van der Waals surface area contributed by atoms with Crippen molar-refractivity contribution < 1.29 is 14.3 Å². The average Bonchev–Trinajstić information content (AvgIpc) is 3.51. The molecule has 0 bridgehead atoms.